The third-order valence-electron chi connectivity index (χ3n) is 5.27. The largest absolute Gasteiger partial charge is 0.361 e. The first kappa shape index (κ1) is 11.6. The van der Waals surface area contributed by atoms with Crippen molar-refractivity contribution in [2.75, 3.05) is 5.32 Å². The van der Waals surface area contributed by atoms with Crippen molar-refractivity contribution < 1.29 is 4.92 Å². The molecular weight excluding hydrogens is 256 g/mol. The Labute approximate surface area is 116 Å². The van der Waals surface area contributed by atoms with Crippen LogP contribution in [0.1, 0.15) is 24.8 Å². The van der Waals surface area contributed by atoms with E-state index in [0.717, 1.165) is 11.8 Å². The maximum absolute atomic E-state index is 11.2. The molecule has 0 saturated heterocycles. The molecule has 6 heteroatoms. The summed E-state index contributed by atoms with van der Waals surface area (Å²) in [7, 11) is 0. The maximum Gasteiger partial charge on any atom is 0.328 e. The van der Waals surface area contributed by atoms with Crippen LogP contribution in [0, 0.1) is 45.1 Å². The number of nitrogens with one attached hydrogen (secondary N) is 1. The van der Waals surface area contributed by atoms with Gasteiger partial charge in [0.2, 0.25) is 5.82 Å². The van der Waals surface area contributed by atoms with Gasteiger partial charge in [-0.1, -0.05) is 0 Å². The molecule has 1 aromatic rings. The molecule has 0 aromatic carbocycles. The summed E-state index contributed by atoms with van der Waals surface area (Å²) in [6.07, 6.45) is 5.40. The standard InChI is InChI=1S/C14H14N4O2/c15-6-9-3-4-16-14(13(9)18(19)20)17-12-10-7-1-2-8(5-7)11(10)12/h3-4,7-8,10-12H,1-2,5H2,(H,16,17). The summed E-state index contributed by atoms with van der Waals surface area (Å²) in [6, 6.07) is 3.58. The van der Waals surface area contributed by atoms with Gasteiger partial charge in [0.25, 0.3) is 0 Å². The number of hydrogen-bond donors (Lipinski definition) is 1. The molecule has 3 aliphatic rings. The van der Waals surface area contributed by atoms with E-state index < -0.39 is 4.92 Å². The zero-order valence-corrected chi connectivity index (χ0v) is 10.8. The highest BCUT2D eigenvalue weighted by atomic mass is 16.6. The third-order valence-corrected chi connectivity index (χ3v) is 5.27. The highest BCUT2D eigenvalue weighted by Gasteiger charge is 2.65. The van der Waals surface area contributed by atoms with Gasteiger partial charge in [0.15, 0.2) is 0 Å². The lowest BCUT2D eigenvalue weighted by atomic mass is 10.0. The molecule has 4 atom stereocenters. The van der Waals surface area contributed by atoms with Crippen LogP contribution in [-0.2, 0) is 0 Å². The van der Waals surface area contributed by atoms with Gasteiger partial charge in [0.05, 0.1) is 4.92 Å². The third kappa shape index (κ3) is 1.46. The zero-order valence-electron chi connectivity index (χ0n) is 10.8. The molecule has 0 aliphatic heterocycles. The Kier molecular flexibility index (Phi) is 2.28. The van der Waals surface area contributed by atoms with Gasteiger partial charge in [-0.2, -0.15) is 5.26 Å². The normalized spacial score (nSPS) is 36.2. The molecule has 20 heavy (non-hydrogen) atoms. The van der Waals surface area contributed by atoms with E-state index in [1.807, 2.05) is 6.07 Å². The molecule has 1 N–H and O–H groups in total. The van der Waals surface area contributed by atoms with Gasteiger partial charge in [-0.3, -0.25) is 10.1 Å². The van der Waals surface area contributed by atoms with Crippen molar-refractivity contribution in [1.29, 1.82) is 5.26 Å². The van der Waals surface area contributed by atoms with E-state index in [1.165, 1.54) is 31.5 Å². The second kappa shape index (κ2) is 3.92. The minimum atomic E-state index is -0.513. The molecule has 1 aromatic heterocycles. The van der Waals surface area contributed by atoms with E-state index >= 15 is 0 Å². The summed E-state index contributed by atoms with van der Waals surface area (Å²) in [5, 5.41) is 23.4. The molecule has 4 unspecified atom stereocenters. The lowest BCUT2D eigenvalue weighted by Crippen LogP contribution is -2.15. The van der Waals surface area contributed by atoms with E-state index in [2.05, 4.69) is 10.3 Å². The first-order valence-electron chi connectivity index (χ1n) is 7.00. The number of fused-ring (bicyclic) bond motifs is 5. The van der Waals surface area contributed by atoms with E-state index in [4.69, 9.17) is 5.26 Å². The van der Waals surface area contributed by atoms with Gasteiger partial charge in [0, 0.05) is 12.2 Å². The molecular formula is C14H14N4O2. The molecule has 3 fully saturated rings. The van der Waals surface area contributed by atoms with Crippen LogP contribution >= 0.6 is 0 Å². The number of hydrogen-bond acceptors (Lipinski definition) is 5. The minimum Gasteiger partial charge on any atom is -0.361 e. The lowest BCUT2D eigenvalue weighted by molar-refractivity contribution is -0.384. The van der Waals surface area contributed by atoms with Crippen molar-refractivity contribution in [1.82, 2.24) is 4.98 Å². The van der Waals surface area contributed by atoms with E-state index in [-0.39, 0.29) is 17.1 Å². The number of pyridine rings is 1. The number of nitrogens with zero attached hydrogens (tertiary/aromatic N) is 3. The number of rotatable bonds is 3. The number of aromatic nitrogens is 1. The van der Waals surface area contributed by atoms with Crippen LogP contribution in [0.4, 0.5) is 11.5 Å². The van der Waals surface area contributed by atoms with Crippen molar-refractivity contribution in [3.63, 3.8) is 0 Å². The molecule has 3 saturated carbocycles. The van der Waals surface area contributed by atoms with E-state index in [0.29, 0.717) is 17.9 Å². The Morgan fingerprint density at radius 1 is 1.40 bits per heavy atom. The summed E-state index contributed by atoms with van der Waals surface area (Å²) in [4.78, 5) is 14.7. The van der Waals surface area contributed by atoms with Crippen LogP contribution in [0.2, 0.25) is 0 Å². The smallest absolute Gasteiger partial charge is 0.328 e. The van der Waals surface area contributed by atoms with Crippen molar-refractivity contribution in [2.45, 2.75) is 25.3 Å². The minimum absolute atomic E-state index is 0.0706. The SMILES string of the molecule is N#Cc1ccnc(NC2C3C4CCC(C4)C23)c1[N+](=O)[O-]. The van der Waals surface area contributed by atoms with Crippen molar-refractivity contribution >= 4 is 11.5 Å². The average Bonchev–Trinajstić information content (AvgIpc) is 2.84. The quantitative estimate of drug-likeness (QED) is 0.672. The molecule has 4 rings (SSSR count). The molecule has 0 spiro atoms. The number of nitro groups is 1. The lowest BCUT2D eigenvalue weighted by Gasteiger charge is -2.11. The van der Waals surface area contributed by atoms with Gasteiger partial charge < -0.3 is 5.32 Å². The molecule has 1 heterocycles. The van der Waals surface area contributed by atoms with Crippen LogP contribution in [0.25, 0.3) is 0 Å². The van der Waals surface area contributed by atoms with Gasteiger partial charge in [-0.15, -0.1) is 0 Å². The number of nitriles is 1. The monoisotopic (exact) mass is 270 g/mol. The summed E-state index contributed by atoms with van der Waals surface area (Å²) < 4.78 is 0. The molecule has 3 aliphatic carbocycles. The van der Waals surface area contributed by atoms with Gasteiger partial charge in [-0.25, -0.2) is 4.98 Å². The summed E-state index contributed by atoms with van der Waals surface area (Å²) in [5.41, 5.74) is -0.117. The Morgan fingerprint density at radius 2 is 2.10 bits per heavy atom. The fourth-order valence-corrected chi connectivity index (χ4v) is 4.51. The van der Waals surface area contributed by atoms with Crippen LogP contribution in [0.15, 0.2) is 12.3 Å². The van der Waals surface area contributed by atoms with Crippen LogP contribution < -0.4 is 5.32 Å². The van der Waals surface area contributed by atoms with Crippen LogP contribution in [0.3, 0.4) is 0 Å². The highest BCUT2D eigenvalue weighted by molar-refractivity contribution is 5.65. The van der Waals surface area contributed by atoms with Crippen molar-refractivity contribution in [3.8, 4) is 6.07 Å². The van der Waals surface area contributed by atoms with E-state index in [9.17, 15) is 10.1 Å². The fourth-order valence-electron chi connectivity index (χ4n) is 4.51. The fraction of sp³-hybridized carbons (Fsp3) is 0.571. The highest BCUT2D eigenvalue weighted by Crippen LogP contribution is 2.66. The second-order valence-electron chi connectivity index (χ2n) is 6.08. The Morgan fingerprint density at radius 3 is 2.70 bits per heavy atom. The first-order chi connectivity index (χ1) is 9.70. The summed E-state index contributed by atoms with van der Waals surface area (Å²) in [5.74, 6) is 3.18. The van der Waals surface area contributed by atoms with Gasteiger partial charge in [-0.05, 0) is 49.0 Å². The van der Waals surface area contributed by atoms with Crippen molar-refractivity contribution in [2.24, 2.45) is 23.7 Å². The predicted octanol–water partition coefficient (Wildman–Crippen LogP) is 2.32. The van der Waals surface area contributed by atoms with Gasteiger partial charge >= 0.3 is 5.69 Å². The summed E-state index contributed by atoms with van der Waals surface area (Å²) in [6.45, 7) is 0. The average molecular weight is 270 g/mol. The zero-order chi connectivity index (χ0) is 13.9. The molecule has 0 radical (unpaired) electrons. The Hall–Kier alpha value is -2.16. The second-order valence-corrected chi connectivity index (χ2v) is 6.08. The predicted molar refractivity (Wildman–Crippen MR) is 70.8 cm³/mol. The maximum atomic E-state index is 11.2. The van der Waals surface area contributed by atoms with Crippen molar-refractivity contribution in [3.05, 3.63) is 27.9 Å². The van der Waals surface area contributed by atoms with E-state index in [1.54, 1.807) is 0 Å². The molecule has 6 nitrogen and oxygen atoms in total. The topological polar surface area (TPSA) is 91.8 Å². The van der Waals surface area contributed by atoms with Gasteiger partial charge in [0.1, 0.15) is 11.6 Å². The molecule has 2 bridgehead atoms. The molecule has 102 valence electrons. The first-order valence-corrected chi connectivity index (χ1v) is 7.00. The van der Waals surface area contributed by atoms with Crippen LogP contribution in [-0.4, -0.2) is 15.9 Å². The number of anilines is 1. The summed E-state index contributed by atoms with van der Waals surface area (Å²) >= 11 is 0. The molecule has 0 amide bonds. The Balaban J connectivity index is 1.62. The van der Waals surface area contributed by atoms with Crippen LogP contribution in [0.5, 0.6) is 0 Å². The Bertz CT molecular complexity index is 623.